The Hall–Kier alpha value is -0.570. The van der Waals surface area contributed by atoms with E-state index in [1.807, 2.05) is 0 Å². The topological polar surface area (TPSA) is 55.1 Å². The van der Waals surface area contributed by atoms with Crippen molar-refractivity contribution in [1.82, 2.24) is 5.32 Å². The van der Waals surface area contributed by atoms with Crippen LogP contribution in [0.4, 0.5) is 0 Å². The van der Waals surface area contributed by atoms with E-state index in [0.29, 0.717) is 18.3 Å². The van der Waals surface area contributed by atoms with E-state index in [2.05, 4.69) is 26.1 Å². The number of hydrogen-bond acceptors (Lipinski definition) is 2. The van der Waals surface area contributed by atoms with Gasteiger partial charge in [-0.1, -0.05) is 26.7 Å². The fraction of sp³-hybridized carbons (Fsp3) is 0.929. The molecule has 0 aliphatic heterocycles. The lowest BCUT2D eigenvalue weighted by atomic mass is 9.83. The molecule has 0 radical (unpaired) electrons. The summed E-state index contributed by atoms with van der Waals surface area (Å²) >= 11 is 0. The molecule has 1 rings (SSSR count). The van der Waals surface area contributed by atoms with Crippen LogP contribution in [-0.2, 0) is 4.79 Å². The van der Waals surface area contributed by atoms with E-state index in [9.17, 15) is 4.79 Å². The van der Waals surface area contributed by atoms with Crippen LogP contribution in [0.2, 0.25) is 0 Å². The number of hydrogen-bond donors (Lipinski definition) is 2. The second kappa shape index (κ2) is 7.00. The van der Waals surface area contributed by atoms with E-state index in [4.69, 9.17) is 5.73 Å². The Morgan fingerprint density at radius 2 is 1.94 bits per heavy atom. The average molecular weight is 240 g/mol. The van der Waals surface area contributed by atoms with Crippen molar-refractivity contribution in [3.63, 3.8) is 0 Å². The maximum absolute atomic E-state index is 11.9. The van der Waals surface area contributed by atoms with Gasteiger partial charge in [0.1, 0.15) is 0 Å². The zero-order chi connectivity index (χ0) is 12.8. The zero-order valence-corrected chi connectivity index (χ0v) is 11.5. The minimum absolute atomic E-state index is 0.181. The Balaban J connectivity index is 2.28. The lowest BCUT2D eigenvalue weighted by Gasteiger charge is -2.28. The largest absolute Gasteiger partial charge is 0.354 e. The Kier molecular flexibility index (Phi) is 5.96. The molecule has 1 amide bonds. The normalized spacial score (nSPS) is 26.9. The predicted octanol–water partition coefficient (Wildman–Crippen LogP) is 2.44. The molecule has 3 unspecified atom stereocenters. The number of carbonyl (C=O) groups excluding carboxylic acids is 1. The van der Waals surface area contributed by atoms with Crippen LogP contribution in [0.3, 0.4) is 0 Å². The third kappa shape index (κ3) is 5.53. The SMILES string of the molecule is CC(C)CC(C)NC(=O)CC1CCCCC1N. The van der Waals surface area contributed by atoms with Crippen LogP contribution in [0.1, 0.15) is 59.3 Å². The number of rotatable bonds is 5. The van der Waals surface area contributed by atoms with Gasteiger partial charge in [-0.2, -0.15) is 0 Å². The Labute approximate surface area is 106 Å². The smallest absolute Gasteiger partial charge is 0.220 e. The van der Waals surface area contributed by atoms with Crippen molar-refractivity contribution in [2.75, 3.05) is 0 Å². The summed E-state index contributed by atoms with van der Waals surface area (Å²) in [5, 5.41) is 3.08. The van der Waals surface area contributed by atoms with Gasteiger partial charge in [0.2, 0.25) is 5.91 Å². The summed E-state index contributed by atoms with van der Waals surface area (Å²) < 4.78 is 0. The minimum atomic E-state index is 0.181. The van der Waals surface area contributed by atoms with Gasteiger partial charge in [0, 0.05) is 18.5 Å². The summed E-state index contributed by atoms with van der Waals surface area (Å²) in [5.41, 5.74) is 6.06. The molecule has 3 atom stereocenters. The van der Waals surface area contributed by atoms with Crippen molar-refractivity contribution in [3.05, 3.63) is 0 Å². The molecule has 1 aliphatic rings. The fourth-order valence-electron chi connectivity index (χ4n) is 2.83. The van der Waals surface area contributed by atoms with Crippen LogP contribution in [-0.4, -0.2) is 18.0 Å². The highest BCUT2D eigenvalue weighted by atomic mass is 16.1. The third-order valence-corrected chi connectivity index (χ3v) is 3.65. The second-order valence-electron chi connectivity index (χ2n) is 6.01. The van der Waals surface area contributed by atoms with Gasteiger partial charge in [0.15, 0.2) is 0 Å². The third-order valence-electron chi connectivity index (χ3n) is 3.65. The standard InChI is InChI=1S/C14H28N2O/c1-10(2)8-11(3)16-14(17)9-12-6-4-5-7-13(12)15/h10-13H,4-9,15H2,1-3H3,(H,16,17). The molecular weight excluding hydrogens is 212 g/mol. The van der Waals surface area contributed by atoms with E-state index in [1.165, 1.54) is 12.8 Å². The van der Waals surface area contributed by atoms with Crippen molar-refractivity contribution < 1.29 is 4.79 Å². The first-order chi connectivity index (χ1) is 7.99. The summed E-state index contributed by atoms with van der Waals surface area (Å²) in [6, 6.07) is 0.511. The molecule has 1 saturated carbocycles. The van der Waals surface area contributed by atoms with E-state index in [0.717, 1.165) is 19.3 Å². The second-order valence-corrected chi connectivity index (χ2v) is 6.01. The van der Waals surface area contributed by atoms with Gasteiger partial charge >= 0.3 is 0 Å². The first-order valence-electron chi connectivity index (χ1n) is 7.04. The van der Waals surface area contributed by atoms with Gasteiger partial charge in [-0.05, 0) is 38.0 Å². The van der Waals surface area contributed by atoms with Crippen LogP contribution in [0.5, 0.6) is 0 Å². The molecule has 3 heteroatoms. The lowest BCUT2D eigenvalue weighted by Crippen LogP contribution is -2.39. The van der Waals surface area contributed by atoms with Crippen molar-refractivity contribution in [3.8, 4) is 0 Å². The summed E-state index contributed by atoms with van der Waals surface area (Å²) in [6.45, 7) is 6.44. The molecule has 0 aromatic carbocycles. The van der Waals surface area contributed by atoms with Crippen molar-refractivity contribution in [2.45, 2.75) is 71.4 Å². The summed E-state index contributed by atoms with van der Waals surface area (Å²) in [7, 11) is 0. The molecule has 1 aliphatic carbocycles. The minimum Gasteiger partial charge on any atom is -0.354 e. The Bertz CT molecular complexity index is 240. The first-order valence-corrected chi connectivity index (χ1v) is 7.04. The maximum atomic E-state index is 11.9. The lowest BCUT2D eigenvalue weighted by molar-refractivity contribution is -0.123. The summed E-state index contributed by atoms with van der Waals surface area (Å²) in [4.78, 5) is 11.9. The number of carbonyl (C=O) groups is 1. The monoisotopic (exact) mass is 240 g/mol. The van der Waals surface area contributed by atoms with Crippen LogP contribution in [0, 0.1) is 11.8 Å². The summed E-state index contributed by atoms with van der Waals surface area (Å²) in [5.74, 6) is 1.21. The molecule has 0 spiro atoms. The van der Waals surface area contributed by atoms with Crippen LogP contribution in [0.15, 0.2) is 0 Å². The molecule has 3 N–H and O–H groups in total. The van der Waals surface area contributed by atoms with Gasteiger partial charge in [-0.25, -0.2) is 0 Å². The molecule has 1 fully saturated rings. The molecule has 0 bridgehead atoms. The van der Waals surface area contributed by atoms with E-state index >= 15 is 0 Å². The predicted molar refractivity (Wildman–Crippen MR) is 71.6 cm³/mol. The fourth-order valence-corrected chi connectivity index (χ4v) is 2.83. The van der Waals surface area contributed by atoms with Crippen LogP contribution in [0.25, 0.3) is 0 Å². The quantitative estimate of drug-likeness (QED) is 0.775. The first kappa shape index (κ1) is 14.5. The number of nitrogens with two attached hydrogens (primary N) is 1. The highest BCUT2D eigenvalue weighted by molar-refractivity contribution is 5.76. The number of amides is 1. The highest BCUT2D eigenvalue weighted by Crippen LogP contribution is 2.25. The average Bonchev–Trinajstić information content (AvgIpc) is 2.19. The molecule has 0 aromatic heterocycles. The Morgan fingerprint density at radius 3 is 2.53 bits per heavy atom. The van der Waals surface area contributed by atoms with Gasteiger partial charge < -0.3 is 11.1 Å². The van der Waals surface area contributed by atoms with Gasteiger partial charge in [-0.15, -0.1) is 0 Å². The van der Waals surface area contributed by atoms with Crippen LogP contribution >= 0.6 is 0 Å². The highest BCUT2D eigenvalue weighted by Gasteiger charge is 2.24. The molecule has 0 heterocycles. The maximum Gasteiger partial charge on any atom is 0.220 e. The Morgan fingerprint density at radius 1 is 1.29 bits per heavy atom. The van der Waals surface area contributed by atoms with Gasteiger partial charge in [0.05, 0.1) is 0 Å². The van der Waals surface area contributed by atoms with Gasteiger partial charge in [-0.3, -0.25) is 4.79 Å². The summed E-state index contributed by atoms with van der Waals surface area (Å²) in [6.07, 6.45) is 6.31. The van der Waals surface area contributed by atoms with Crippen LogP contribution < -0.4 is 11.1 Å². The molecule has 3 nitrogen and oxygen atoms in total. The molecule has 0 aromatic rings. The van der Waals surface area contributed by atoms with Gasteiger partial charge in [0.25, 0.3) is 0 Å². The molecule has 0 saturated heterocycles. The zero-order valence-electron chi connectivity index (χ0n) is 11.5. The molecule has 100 valence electrons. The molecule has 17 heavy (non-hydrogen) atoms. The van der Waals surface area contributed by atoms with Crippen molar-refractivity contribution >= 4 is 5.91 Å². The van der Waals surface area contributed by atoms with Crippen molar-refractivity contribution in [1.29, 1.82) is 0 Å². The van der Waals surface area contributed by atoms with E-state index < -0.39 is 0 Å². The van der Waals surface area contributed by atoms with E-state index in [1.54, 1.807) is 0 Å². The van der Waals surface area contributed by atoms with Crippen molar-refractivity contribution in [2.24, 2.45) is 17.6 Å². The number of nitrogens with one attached hydrogen (secondary N) is 1. The van der Waals surface area contributed by atoms with E-state index in [-0.39, 0.29) is 18.0 Å². The molecular formula is C14H28N2O.